The summed E-state index contributed by atoms with van der Waals surface area (Å²) in [5.74, 6) is -1.20. The van der Waals surface area contributed by atoms with Crippen molar-refractivity contribution in [2.24, 2.45) is 0 Å². The van der Waals surface area contributed by atoms with Crippen molar-refractivity contribution in [3.63, 3.8) is 0 Å². The summed E-state index contributed by atoms with van der Waals surface area (Å²) < 4.78 is 11.2. The van der Waals surface area contributed by atoms with Crippen molar-refractivity contribution in [2.45, 2.75) is 13.5 Å². The van der Waals surface area contributed by atoms with Crippen molar-refractivity contribution in [2.75, 3.05) is 19.0 Å². The molecule has 9 heteroatoms. The fraction of sp³-hybridized carbons (Fsp3) is 0.211. The maximum Gasteiger partial charge on any atom is 0.339 e. The number of carbonyl (C=O) groups excluding carboxylic acids is 2. The van der Waals surface area contributed by atoms with E-state index in [9.17, 15) is 14.4 Å². The van der Waals surface area contributed by atoms with Crippen LogP contribution in [0.1, 0.15) is 17.3 Å². The first-order valence-corrected chi connectivity index (χ1v) is 8.50. The summed E-state index contributed by atoms with van der Waals surface area (Å²) in [6.45, 7) is 1.66. The second-order valence-electron chi connectivity index (χ2n) is 5.67. The highest BCUT2D eigenvalue weighted by atomic mass is 16.5. The zero-order valence-electron chi connectivity index (χ0n) is 15.3. The molecule has 1 amide bonds. The molecular formula is C19H18N4O5. The molecule has 3 rings (SSSR count). The van der Waals surface area contributed by atoms with E-state index in [1.54, 1.807) is 37.3 Å². The largest absolute Gasteiger partial charge is 0.474 e. The van der Waals surface area contributed by atoms with Gasteiger partial charge in [-0.3, -0.25) is 14.2 Å². The van der Waals surface area contributed by atoms with Crippen molar-refractivity contribution >= 4 is 28.7 Å². The highest BCUT2D eigenvalue weighted by Gasteiger charge is 2.17. The van der Waals surface area contributed by atoms with Gasteiger partial charge in [-0.1, -0.05) is 12.1 Å². The Kier molecular flexibility index (Phi) is 5.64. The number of carbonyl (C=O) groups is 2. The fourth-order valence-corrected chi connectivity index (χ4v) is 2.64. The van der Waals surface area contributed by atoms with E-state index in [1.165, 1.54) is 23.9 Å². The van der Waals surface area contributed by atoms with Gasteiger partial charge in [0.15, 0.2) is 5.65 Å². The van der Waals surface area contributed by atoms with Crippen LogP contribution in [0.15, 0.2) is 47.4 Å². The number of ether oxygens (including phenoxy) is 2. The van der Waals surface area contributed by atoms with Crippen molar-refractivity contribution in [3.05, 3.63) is 58.5 Å². The lowest BCUT2D eigenvalue weighted by atomic mass is 10.2. The zero-order valence-corrected chi connectivity index (χ0v) is 15.3. The van der Waals surface area contributed by atoms with Gasteiger partial charge < -0.3 is 14.8 Å². The van der Waals surface area contributed by atoms with E-state index in [4.69, 9.17) is 9.47 Å². The number of esters is 1. The van der Waals surface area contributed by atoms with Crippen LogP contribution < -0.4 is 15.6 Å². The van der Waals surface area contributed by atoms with E-state index in [-0.39, 0.29) is 35.9 Å². The Morgan fingerprint density at radius 1 is 1.18 bits per heavy atom. The number of amides is 1. The minimum Gasteiger partial charge on any atom is -0.474 e. The third-order valence-corrected chi connectivity index (χ3v) is 3.86. The zero-order chi connectivity index (χ0) is 20.1. The molecular weight excluding hydrogens is 364 g/mol. The number of methoxy groups -OCH3 is 1. The fourth-order valence-electron chi connectivity index (χ4n) is 2.64. The van der Waals surface area contributed by atoms with Crippen molar-refractivity contribution < 1.29 is 19.1 Å². The molecule has 0 atom stereocenters. The van der Waals surface area contributed by atoms with Crippen LogP contribution >= 0.6 is 0 Å². The number of benzene rings is 1. The van der Waals surface area contributed by atoms with Gasteiger partial charge in [-0.2, -0.15) is 0 Å². The molecule has 0 aliphatic rings. The topological polar surface area (TPSA) is 112 Å². The number of hydrogen-bond acceptors (Lipinski definition) is 7. The maximum absolute atomic E-state index is 12.7. The van der Waals surface area contributed by atoms with Crippen LogP contribution in [0, 0.1) is 0 Å². The van der Waals surface area contributed by atoms with Crippen LogP contribution in [0.2, 0.25) is 0 Å². The molecule has 144 valence electrons. The number of rotatable bonds is 6. The monoisotopic (exact) mass is 382 g/mol. The molecule has 9 nitrogen and oxygen atoms in total. The van der Waals surface area contributed by atoms with Gasteiger partial charge >= 0.3 is 11.5 Å². The second-order valence-corrected chi connectivity index (χ2v) is 5.67. The van der Waals surface area contributed by atoms with Gasteiger partial charge in [-0.15, -0.1) is 0 Å². The van der Waals surface area contributed by atoms with Gasteiger partial charge in [-0.25, -0.2) is 14.8 Å². The minimum absolute atomic E-state index is 0.106. The minimum atomic E-state index is -0.581. The van der Waals surface area contributed by atoms with Crippen molar-refractivity contribution in [1.29, 1.82) is 0 Å². The first kappa shape index (κ1) is 19.0. The van der Waals surface area contributed by atoms with Crippen molar-refractivity contribution in [3.8, 4) is 5.88 Å². The maximum atomic E-state index is 12.7. The molecule has 0 radical (unpaired) electrons. The van der Waals surface area contributed by atoms with Gasteiger partial charge in [0.25, 0.3) is 5.88 Å². The van der Waals surface area contributed by atoms with Gasteiger partial charge in [0.2, 0.25) is 5.91 Å². The quantitative estimate of drug-likeness (QED) is 0.645. The number of nitrogens with one attached hydrogen (secondary N) is 1. The number of nitrogens with zero attached hydrogens (tertiary/aromatic N) is 3. The Hall–Kier alpha value is -3.75. The second kappa shape index (κ2) is 8.30. The lowest BCUT2D eigenvalue weighted by Crippen LogP contribution is -2.30. The third-order valence-electron chi connectivity index (χ3n) is 3.86. The molecule has 28 heavy (non-hydrogen) atoms. The van der Waals surface area contributed by atoms with Crippen LogP contribution in [0.3, 0.4) is 0 Å². The number of pyridine rings is 1. The summed E-state index contributed by atoms with van der Waals surface area (Å²) in [6.07, 6.45) is 1.50. The Labute approximate surface area is 159 Å². The van der Waals surface area contributed by atoms with Gasteiger partial charge in [0.05, 0.1) is 25.0 Å². The van der Waals surface area contributed by atoms with Gasteiger partial charge in [0.1, 0.15) is 12.1 Å². The highest BCUT2D eigenvalue weighted by molar-refractivity contribution is 6.01. The molecule has 1 N–H and O–H groups in total. The Bertz CT molecular complexity index is 1090. The molecule has 0 aliphatic carbocycles. The first-order valence-electron chi connectivity index (χ1n) is 8.50. The normalized spacial score (nSPS) is 10.5. The smallest absolute Gasteiger partial charge is 0.339 e. The van der Waals surface area contributed by atoms with E-state index in [0.29, 0.717) is 5.52 Å². The number of aromatic nitrogens is 3. The summed E-state index contributed by atoms with van der Waals surface area (Å²) in [4.78, 5) is 45.4. The van der Waals surface area contributed by atoms with Crippen LogP contribution in [0.4, 0.5) is 5.69 Å². The molecule has 0 bridgehead atoms. The van der Waals surface area contributed by atoms with Crippen LogP contribution in [0.5, 0.6) is 5.88 Å². The summed E-state index contributed by atoms with van der Waals surface area (Å²) in [6, 6.07) is 9.77. The predicted octanol–water partition coefficient (Wildman–Crippen LogP) is 1.62. The summed E-state index contributed by atoms with van der Waals surface area (Å²) >= 11 is 0. The summed E-state index contributed by atoms with van der Waals surface area (Å²) in [5.41, 5.74) is 0.604. The van der Waals surface area contributed by atoms with Crippen LogP contribution in [0.25, 0.3) is 11.2 Å². The standard InChI is InChI=1S/C19H18N4O5/c1-3-28-17-18(25)23(16-14(22-17)9-6-10-20-16)11-15(24)21-13-8-5-4-7-12(13)19(26)27-2/h4-10H,3,11H2,1-2H3,(H,21,24). The molecule has 1 aromatic carbocycles. The first-order chi connectivity index (χ1) is 13.5. The van der Waals surface area contributed by atoms with Gasteiger partial charge in [-0.05, 0) is 31.2 Å². The predicted molar refractivity (Wildman–Crippen MR) is 101 cm³/mol. The number of hydrogen-bond donors (Lipinski definition) is 1. The molecule has 3 aromatic rings. The van der Waals surface area contributed by atoms with E-state index in [0.717, 1.165) is 0 Å². The summed E-state index contributed by atoms with van der Waals surface area (Å²) in [7, 11) is 1.25. The molecule has 0 unspecified atom stereocenters. The molecule has 2 aromatic heterocycles. The Morgan fingerprint density at radius 2 is 1.96 bits per heavy atom. The van der Waals surface area contributed by atoms with E-state index >= 15 is 0 Å². The number of anilines is 1. The molecule has 0 saturated carbocycles. The summed E-state index contributed by atoms with van der Waals surface area (Å²) in [5, 5.41) is 2.63. The number of para-hydroxylation sites is 1. The lowest BCUT2D eigenvalue weighted by Gasteiger charge is -2.13. The molecule has 0 fully saturated rings. The van der Waals surface area contributed by atoms with Crippen molar-refractivity contribution in [1.82, 2.24) is 14.5 Å². The van der Waals surface area contributed by atoms with E-state index < -0.39 is 17.4 Å². The van der Waals surface area contributed by atoms with Crippen LogP contribution in [-0.2, 0) is 16.1 Å². The average molecular weight is 382 g/mol. The molecule has 0 spiro atoms. The van der Waals surface area contributed by atoms with Crippen LogP contribution in [-0.4, -0.2) is 40.1 Å². The van der Waals surface area contributed by atoms with Gasteiger partial charge in [0, 0.05) is 6.20 Å². The van der Waals surface area contributed by atoms with E-state index in [2.05, 4.69) is 15.3 Å². The molecule has 0 saturated heterocycles. The highest BCUT2D eigenvalue weighted by Crippen LogP contribution is 2.16. The molecule has 0 aliphatic heterocycles. The number of fused-ring (bicyclic) bond motifs is 1. The van der Waals surface area contributed by atoms with E-state index in [1.807, 2.05) is 0 Å². The Balaban J connectivity index is 1.95. The average Bonchev–Trinajstić information content (AvgIpc) is 2.71. The SMILES string of the molecule is CCOc1nc2cccnc2n(CC(=O)Nc2ccccc2C(=O)OC)c1=O. The lowest BCUT2D eigenvalue weighted by molar-refractivity contribution is -0.116. The molecule has 2 heterocycles. The Morgan fingerprint density at radius 3 is 2.71 bits per heavy atom. The third kappa shape index (κ3) is 3.83.